The zero-order chi connectivity index (χ0) is 31.0. The Kier molecular flexibility index (Phi) is 8.20. The highest BCUT2D eigenvalue weighted by molar-refractivity contribution is 5.21. The molecule has 22 heteroatoms. The molecule has 2 nitrogen and oxygen atoms in total. The van der Waals surface area contributed by atoms with Crippen molar-refractivity contribution in [2.45, 2.75) is 85.3 Å². The molecule has 0 aliphatic heterocycles. The van der Waals surface area contributed by atoms with E-state index in [1.807, 2.05) is 0 Å². The van der Waals surface area contributed by atoms with E-state index in [0.29, 0.717) is 0 Å². The molecule has 0 aromatic rings. The molecule has 0 spiro atoms. The number of rotatable bonds is 5. The Hall–Kier alpha value is -1.48. The van der Waals surface area contributed by atoms with Gasteiger partial charge in [0.2, 0.25) is 5.60 Å². The lowest BCUT2D eigenvalue weighted by Crippen LogP contribution is -2.79. The summed E-state index contributed by atoms with van der Waals surface area (Å²) in [4.78, 5) is 0. The van der Waals surface area contributed by atoms with Gasteiger partial charge in [-0.3, -0.25) is 0 Å². The molecule has 1 aliphatic rings. The van der Waals surface area contributed by atoms with Crippen molar-refractivity contribution >= 4 is 0 Å². The zero-order valence-corrected chi connectivity index (χ0v) is 17.4. The molecule has 0 saturated heterocycles. The molecular weight excluding hydrogens is 604 g/mol. The molecule has 0 bridgehead atoms. The Morgan fingerprint density at radius 1 is 0.395 bits per heavy atom. The summed E-state index contributed by atoms with van der Waals surface area (Å²) in [7, 11) is 0. The fourth-order valence-electron chi connectivity index (χ4n) is 4.39. The second kappa shape index (κ2) is 9.02. The van der Waals surface area contributed by atoms with Gasteiger partial charge in [-0.1, -0.05) is 6.42 Å². The first kappa shape index (κ1) is 34.5. The summed E-state index contributed by atoms with van der Waals surface area (Å²) >= 11 is 0. The van der Waals surface area contributed by atoms with Crippen LogP contribution in [0.5, 0.6) is 0 Å². The molecule has 0 heterocycles. The largest absolute Gasteiger partial charge is 0.456 e. The number of halogens is 20. The predicted octanol–water partition coefficient (Wildman–Crippen LogP) is 7.05. The van der Waals surface area contributed by atoms with Crippen LogP contribution in [0.4, 0.5) is 87.8 Å². The number of alkyl halides is 20. The van der Waals surface area contributed by atoms with Crippen molar-refractivity contribution in [1.29, 1.82) is 0 Å². The Morgan fingerprint density at radius 3 is 0.947 bits per heavy atom. The molecule has 1 rings (SSSR count). The van der Waals surface area contributed by atoms with Crippen molar-refractivity contribution in [3.8, 4) is 0 Å². The summed E-state index contributed by atoms with van der Waals surface area (Å²) in [5, 5.41) is 19.3. The van der Waals surface area contributed by atoms with Crippen LogP contribution in [-0.2, 0) is 0 Å². The lowest BCUT2D eigenvalue weighted by molar-refractivity contribution is -0.457. The fraction of sp³-hybridized carbons (Fsp3) is 1.00. The van der Waals surface area contributed by atoms with Crippen molar-refractivity contribution in [3.05, 3.63) is 0 Å². The molecule has 4 unspecified atom stereocenters. The van der Waals surface area contributed by atoms with Gasteiger partial charge >= 0.3 is 48.4 Å². The van der Waals surface area contributed by atoms with Gasteiger partial charge in [0, 0.05) is 5.92 Å². The van der Waals surface area contributed by atoms with E-state index in [4.69, 9.17) is 0 Å². The summed E-state index contributed by atoms with van der Waals surface area (Å²) in [6, 6.07) is 0. The monoisotopic (exact) mass is 616 g/mol. The molecule has 2 N–H and O–H groups in total. The molecule has 1 aliphatic carbocycles. The fourth-order valence-corrected chi connectivity index (χ4v) is 4.39. The Morgan fingerprint density at radius 2 is 0.684 bits per heavy atom. The summed E-state index contributed by atoms with van der Waals surface area (Å²) < 4.78 is 267. The molecule has 38 heavy (non-hydrogen) atoms. The van der Waals surface area contributed by atoms with Crippen LogP contribution in [0.3, 0.4) is 0 Å². The first-order valence-corrected chi connectivity index (χ1v) is 9.44. The van der Waals surface area contributed by atoms with Crippen molar-refractivity contribution in [2.24, 2.45) is 11.8 Å². The maximum Gasteiger partial charge on any atom is 0.456 e. The van der Waals surface area contributed by atoms with E-state index < -0.39 is 97.1 Å². The minimum Gasteiger partial charge on any atom is -0.379 e. The molecule has 0 radical (unpaired) electrons. The molecule has 1 fully saturated rings. The van der Waals surface area contributed by atoms with Gasteiger partial charge in [0.15, 0.2) is 5.60 Å². The summed E-state index contributed by atoms with van der Waals surface area (Å²) in [5.41, 5.74) is -21.8. The number of hydrogen-bond acceptors (Lipinski definition) is 2. The molecular formula is C16H12F20O2. The quantitative estimate of drug-likeness (QED) is 0.326. The van der Waals surface area contributed by atoms with E-state index in [0.717, 1.165) is 0 Å². The van der Waals surface area contributed by atoms with Crippen molar-refractivity contribution in [2.75, 3.05) is 0 Å². The van der Waals surface area contributed by atoms with Gasteiger partial charge in [-0.2, -0.15) is 83.4 Å². The number of hydrogen-bond donors (Lipinski definition) is 2. The third-order valence-corrected chi connectivity index (χ3v) is 6.26. The maximum absolute atomic E-state index is 14.7. The lowest BCUT2D eigenvalue weighted by atomic mass is 9.60. The second-order valence-electron chi connectivity index (χ2n) is 8.39. The van der Waals surface area contributed by atoms with Crippen molar-refractivity contribution < 1.29 is 98.0 Å². The van der Waals surface area contributed by atoms with Gasteiger partial charge in [-0.15, -0.1) is 0 Å². The van der Waals surface area contributed by atoms with E-state index in [2.05, 4.69) is 0 Å². The zero-order valence-electron chi connectivity index (χ0n) is 17.4. The van der Waals surface area contributed by atoms with E-state index in [9.17, 15) is 98.0 Å². The summed E-state index contributed by atoms with van der Waals surface area (Å²) in [6.45, 7) is 0. The van der Waals surface area contributed by atoms with E-state index in [-0.39, 0.29) is 0 Å². The van der Waals surface area contributed by atoms with Gasteiger partial charge in [0.1, 0.15) is 0 Å². The van der Waals surface area contributed by atoms with E-state index in [1.165, 1.54) is 0 Å². The summed E-state index contributed by atoms with van der Waals surface area (Å²) in [5.74, 6) is -23.8. The minimum absolute atomic E-state index is 1.76. The van der Waals surface area contributed by atoms with E-state index in [1.54, 1.807) is 0 Å². The van der Waals surface area contributed by atoms with Crippen LogP contribution in [-0.4, -0.2) is 69.8 Å². The highest BCUT2D eigenvalue weighted by Gasteiger charge is 2.92. The minimum atomic E-state index is -8.05. The average molecular weight is 616 g/mol. The average Bonchev–Trinajstić information content (AvgIpc) is 2.67. The third-order valence-electron chi connectivity index (χ3n) is 6.26. The normalized spacial score (nSPS) is 25.1. The summed E-state index contributed by atoms with van der Waals surface area (Å²) in [6.07, 6.45) is -47.1. The molecule has 228 valence electrons. The van der Waals surface area contributed by atoms with Gasteiger partial charge < -0.3 is 10.2 Å². The van der Waals surface area contributed by atoms with Gasteiger partial charge in [0.25, 0.3) is 0 Å². The Balaban J connectivity index is 4.08. The Labute approximate surface area is 196 Å². The van der Waals surface area contributed by atoms with Gasteiger partial charge in [-0.25, -0.2) is 4.39 Å². The van der Waals surface area contributed by atoms with Crippen LogP contribution in [0.15, 0.2) is 0 Å². The van der Waals surface area contributed by atoms with E-state index >= 15 is 0 Å². The predicted molar refractivity (Wildman–Crippen MR) is 79.4 cm³/mol. The third kappa shape index (κ3) is 4.53. The van der Waals surface area contributed by atoms with Crippen LogP contribution in [0, 0.1) is 11.8 Å². The maximum atomic E-state index is 14.7. The molecule has 4 atom stereocenters. The molecule has 0 aromatic heterocycles. The van der Waals surface area contributed by atoms with Crippen LogP contribution in [0.25, 0.3) is 0 Å². The van der Waals surface area contributed by atoms with Crippen LogP contribution in [0.2, 0.25) is 0 Å². The number of aliphatic hydroxyl groups is 2. The van der Waals surface area contributed by atoms with Gasteiger partial charge in [-0.05, 0) is 25.2 Å². The van der Waals surface area contributed by atoms with Gasteiger partial charge in [0.05, 0.1) is 0 Å². The first-order chi connectivity index (χ1) is 16.2. The highest BCUT2D eigenvalue weighted by Crippen LogP contribution is 2.65. The SMILES string of the molecule is OC(C1CCCC(C(O)(C(F)(F)C(F)(F)F)C(F)(C(F)(F)F)C(F)(F)F)C1)(C(F)(F)F)C(F)(F)C(F)(F)F. The topological polar surface area (TPSA) is 40.5 Å². The Bertz CT molecular complexity index is 834. The molecule has 1 saturated carbocycles. The van der Waals surface area contributed by atoms with Crippen LogP contribution < -0.4 is 0 Å². The first-order valence-electron chi connectivity index (χ1n) is 9.44. The van der Waals surface area contributed by atoms with Crippen molar-refractivity contribution in [3.63, 3.8) is 0 Å². The highest BCUT2D eigenvalue weighted by atomic mass is 19.4. The molecule has 0 aromatic carbocycles. The van der Waals surface area contributed by atoms with Crippen molar-refractivity contribution in [1.82, 2.24) is 0 Å². The lowest BCUT2D eigenvalue weighted by Gasteiger charge is -2.53. The standard InChI is InChI=1S/C16H12F20O2/c17-9(13(25,26)27,14(28,29)30)7(37,10(18,19)15(31,32)33)5-2-1-3-6(4-5)8(38,12(22,23)24)11(20,21)16(34,35)36/h5-6,37-38H,1-4H2. The smallest absolute Gasteiger partial charge is 0.379 e. The second-order valence-corrected chi connectivity index (χ2v) is 8.39. The van der Waals surface area contributed by atoms with Crippen LogP contribution in [0.1, 0.15) is 25.7 Å². The van der Waals surface area contributed by atoms with Crippen LogP contribution >= 0.6 is 0 Å². The molecule has 0 amide bonds.